The SMILES string of the molecule is CCCCC1CC(C)C(=O)OC1=O. The van der Waals surface area contributed by atoms with Crippen LogP contribution in [-0.4, -0.2) is 11.9 Å². The number of hydrogen-bond donors (Lipinski definition) is 0. The summed E-state index contributed by atoms with van der Waals surface area (Å²) in [4.78, 5) is 22.2. The summed E-state index contributed by atoms with van der Waals surface area (Å²) < 4.78 is 4.63. The number of hydrogen-bond acceptors (Lipinski definition) is 3. The summed E-state index contributed by atoms with van der Waals surface area (Å²) in [5.74, 6) is -0.846. The number of carbonyl (C=O) groups excluding carboxylic acids is 2. The van der Waals surface area contributed by atoms with Crippen LogP contribution in [0.4, 0.5) is 0 Å². The molecule has 2 atom stereocenters. The van der Waals surface area contributed by atoms with Gasteiger partial charge in [0.05, 0.1) is 11.8 Å². The van der Waals surface area contributed by atoms with Crippen LogP contribution in [0.25, 0.3) is 0 Å². The Balaban J connectivity index is 2.46. The van der Waals surface area contributed by atoms with Gasteiger partial charge in [-0.1, -0.05) is 26.7 Å². The summed E-state index contributed by atoms with van der Waals surface area (Å²) in [7, 11) is 0. The molecule has 0 aromatic rings. The highest BCUT2D eigenvalue weighted by atomic mass is 16.6. The van der Waals surface area contributed by atoms with Crippen molar-refractivity contribution in [2.24, 2.45) is 11.8 Å². The van der Waals surface area contributed by atoms with Gasteiger partial charge in [0, 0.05) is 0 Å². The molecule has 74 valence electrons. The summed E-state index contributed by atoms with van der Waals surface area (Å²) in [5.41, 5.74) is 0. The maximum Gasteiger partial charge on any atom is 0.316 e. The molecule has 0 bridgehead atoms. The van der Waals surface area contributed by atoms with Crippen LogP contribution >= 0.6 is 0 Å². The van der Waals surface area contributed by atoms with E-state index in [0.29, 0.717) is 6.42 Å². The van der Waals surface area contributed by atoms with Gasteiger partial charge in [-0.15, -0.1) is 0 Å². The minimum Gasteiger partial charge on any atom is -0.393 e. The van der Waals surface area contributed by atoms with E-state index in [1.165, 1.54) is 0 Å². The largest absolute Gasteiger partial charge is 0.393 e. The van der Waals surface area contributed by atoms with Crippen LogP contribution in [0.3, 0.4) is 0 Å². The van der Waals surface area contributed by atoms with E-state index in [2.05, 4.69) is 11.7 Å². The third-order valence-corrected chi connectivity index (χ3v) is 2.48. The Kier molecular flexibility index (Phi) is 3.46. The van der Waals surface area contributed by atoms with Gasteiger partial charge in [-0.25, -0.2) is 0 Å². The molecule has 0 aliphatic carbocycles. The van der Waals surface area contributed by atoms with Crippen LogP contribution in [0.5, 0.6) is 0 Å². The Labute approximate surface area is 78.5 Å². The molecule has 0 aromatic carbocycles. The fourth-order valence-electron chi connectivity index (χ4n) is 1.59. The average Bonchev–Trinajstić information content (AvgIpc) is 2.09. The van der Waals surface area contributed by atoms with Crippen molar-refractivity contribution < 1.29 is 14.3 Å². The van der Waals surface area contributed by atoms with Crippen molar-refractivity contribution >= 4 is 11.9 Å². The predicted molar refractivity (Wildman–Crippen MR) is 47.9 cm³/mol. The zero-order chi connectivity index (χ0) is 9.84. The average molecular weight is 184 g/mol. The fourth-order valence-corrected chi connectivity index (χ4v) is 1.59. The van der Waals surface area contributed by atoms with Gasteiger partial charge in [-0.2, -0.15) is 0 Å². The standard InChI is InChI=1S/C10H16O3/c1-3-4-5-8-6-7(2)9(11)13-10(8)12/h7-8H,3-6H2,1-2H3. The highest BCUT2D eigenvalue weighted by Gasteiger charge is 2.33. The number of esters is 2. The Morgan fingerprint density at radius 3 is 2.69 bits per heavy atom. The number of carbonyl (C=O) groups is 2. The van der Waals surface area contributed by atoms with E-state index >= 15 is 0 Å². The van der Waals surface area contributed by atoms with Crippen molar-refractivity contribution in [3.05, 3.63) is 0 Å². The normalized spacial score (nSPS) is 28.8. The first kappa shape index (κ1) is 10.2. The molecular formula is C10H16O3. The highest BCUT2D eigenvalue weighted by Crippen LogP contribution is 2.25. The monoisotopic (exact) mass is 184 g/mol. The van der Waals surface area contributed by atoms with Crippen molar-refractivity contribution in [3.63, 3.8) is 0 Å². The van der Waals surface area contributed by atoms with E-state index in [0.717, 1.165) is 19.3 Å². The molecule has 1 fully saturated rings. The van der Waals surface area contributed by atoms with E-state index in [1.54, 1.807) is 0 Å². The molecule has 3 nitrogen and oxygen atoms in total. The van der Waals surface area contributed by atoms with E-state index in [-0.39, 0.29) is 23.8 Å². The predicted octanol–water partition coefficient (Wildman–Crippen LogP) is 1.90. The van der Waals surface area contributed by atoms with Crippen molar-refractivity contribution in [2.75, 3.05) is 0 Å². The molecular weight excluding hydrogens is 168 g/mol. The first-order valence-corrected chi connectivity index (χ1v) is 4.90. The van der Waals surface area contributed by atoms with Gasteiger partial charge in [0.2, 0.25) is 0 Å². The zero-order valence-corrected chi connectivity index (χ0v) is 8.21. The Morgan fingerprint density at radius 2 is 2.08 bits per heavy atom. The second-order valence-electron chi connectivity index (χ2n) is 3.72. The summed E-state index contributed by atoms with van der Waals surface area (Å²) >= 11 is 0. The second kappa shape index (κ2) is 4.40. The molecule has 0 N–H and O–H groups in total. The lowest BCUT2D eigenvalue weighted by atomic mass is 9.89. The number of unbranched alkanes of at least 4 members (excludes halogenated alkanes) is 1. The van der Waals surface area contributed by atoms with Gasteiger partial charge < -0.3 is 4.74 Å². The molecule has 1 aliphatic rings. The topological polar surface area (TPSA) is 43.4 Å². The van der Waals surface area contributed by atoms with Gasteiger partial charge >= 0.3 is 11.9 Å². The molecule has 1 rings (SSSR count). The van der Waals surface area contributed by atoms with E-state index in [1.807, 2.05) is 6.92 Å². The third-order valence-electron chi connectivity index (χ3n) is 2.48. The second-order valence-corrected chi connectivity index (χ2v) is 3.72. The van der Waals surface area contributed by atoms with E-state index < -0.39 is 0 Å². The molecule has 0 aromatic heterocycles. The van der Waals surface area contributed by atoms with E-state index in [4.69, 9.17) is 0 Å². The van der Waals surface area contributed by atoms with Crippen molar-refractivity contribution in [2.45, 2.75) is 39.5 Å². The molecule has 0 spiro atoms. The highest BCUT2D eigenvalue weighted by molar-refractivity contribution is 5.90. The van der Waals surface area contributed by atoms with Crippen LogP contribution in [0.1, 0.15) is 39.5 Å². The van der Waals surface area contributed by atoms with Crippen LogP contribution < -0.4 is 0 Å². The summed E-state index contributed by atoms with van der Waals surface area (Å²) in [5, 5.41) is 0. The Hall–Kier alpha value is -0.860. The van der Waals surface area contributed by atoms with E-state index in [9.17, 15) is 9.59 Å². The maximum atomic E-state index is 11.2. The Bertz CT molecular complexity index is 210. The first-order chi connectivity index (χ1) is 6.15. The maximum absolute atomic E-state index is 11.2. The lowest BCUT2D eigenvalue weighted by Crippen LogP contribution is -2.33. The van der Waals surface area contributed by atoms with Crippen LogP contribution in [0, 0.1) is 11.8 Å². The molecule has 0 saturated carbocycles. The molecule has 0 amide bonds. The lowest BCUT2D eigenvalue weighted by Gasteiger charge is -2.23. The fraction of sp³-hybridized carbons (Fsp3) is 0.800. The van der Waals surface area contributed by atoms with Crippen LogP contribution in [-0.2, 0) is 14.3 Å². The number of cyclic esters (lactones) is 2. The molecule has 0 radical (unpaired) electrons. The Morgan fingerprint density at radius 1 is 1.38 bits per heavy atom. The molecule has 1 aliphatic heterocycles. The zero-order valence-electron chi connectivity index (χ0n) is 8.21. The summed E-state index contributed by atoms with van der Waals surface area (Å²) in [6, 6.07) is 0. The van der Waals surface area contributed by atoms with Crippen LogP contribution in [0.2, 0.25) is 0 Å². The van der Waals surface area contributed by atoms with Crippen LogP contribution in [0.15, 0.2) is 0 Å². The number of rotatable bonds is 3. The number of ether oxygens (including phenoxy) is 1. The molecule has 3 heteroatoms. The van der Waals surface area contributed by atoms with Crippen molar-refractivity contribution in [3.8, 4) is 0 Å². The minimum absolute atomic E-state index is 0.0485. The molecule has 1 saturated heterocycles. The quantitative estimate of drug-likeness (QED) is 0.497. The lowest BCUT2D eigenvalue weighted by molar-refractivity contribution is -0.171. The van der Waals surface area contributed by atoms with Gasteiger partial charge in [0.15, 0.2) is 0 Å². The van der Waals surface area contributed by atoms with Gasteiger partial charge in [-0.05, 0) is 12.8 Å². The van der Waals surface area contributed by atoms with Gasteiger partial charge in [0.1, 0.15) is 0 Å². The molecule has 2 unspecified atom stereocenters. The summed E-state index contributed by atoms with van der Waals surface area (Å²) in [6.07, 6.45) is 3.62. The van der Waals surface area contributed by atoms with Gasteiger partial charge in [-0.3, -0.25) is 9.59 Å². The van der Waals surface area contributed by atoms with Crippen molar-refractivity contribution in [1.29, 1.82) is 0 Å². The summed E-state index contributed by atoms with van der Waals surface area (Å²) in [6.45, 7) is 3.90. The van der Waals surface area contributed by atoms with Crippen molar-refractivity contribution in [1.82, 2.24) is 0 Å². The first-order valence-electron chi connectivity index (χ1n) is 4.90. The minimum atomic E-state index is -0.363. The third kappa shape index (κ3) is 2.54. The molecule has 13 heavy (non-hydrogen) atoms. The molecule has 1 heterocycles. The smallest absolute Gasteiger partial charge is 0.316 e. The van der Waals surface area contributed by atoms with Gasteiger partial charge in [0.25, 0.3) is 0 Å².